The van der Waals surface area contributed by atoms with Gasteiger partial charge in [-0.2, -0.15) is 9.36 Å². The van der Waals surface area contributed by atoms with Gasteiger partial charge in [-0.05, 0) is 103 Å². The van der Waals surface area contributed by atoms with Gasteiger partial charge in [0.25, 0.3) is 16.8 Å². The van der Waals surface area contributed by atoms with Crippen LogP contribution in [0.2, 0.25) is 5.02 Å². The van der Waals surface area contributed by atoms with Gasteiger partial charge in [-0.25, -0.2) is 14.0 Å². The third kappa shape index (κ3) is 9.64. The van der Waals surface area contributed by atoms with E-state index in [1.165, 1.54) is 26.2 Å². The van der Waals surface area contributed by atoms with Crippen LogP contribution in [0.5, 0.6) is 0 Å². The standard InChI is InChI=1S/C27H21ClFN5O5.C24H24N4O3/c1-2-31-24(16-39-15-17-6-4-3-5-7-17)30-33(27(31)36)19-8-9-21-18(12-19)10-11-32(26(21)35)25-22(28)13-20(34(37)38)14-23(25)29;1-2-27-22(15-31-14-16-6-4-3-5-7-16)26-28(24(27)30)18-10-11-19-20(12-18)21(17-8-9-17)13-25-23(19)29/h3-14H,2,15-16H2,1H3;3-7,10-13,17H,2,8-9,14-15H2,1H3,(H,25,29). The van der Waals surface area contributed by atoms with Gasteiger partial charge < -0.3 is 14.5 Å². The van der Waals surface area contributed by atoms with Crippen LogP contribution in [0.4, 0.5) is 10.1 Å². The topological polar surface area (TPSA) is 196 Å². The van der Waals surface area contributed by atoms with Crippen LogP contribution in [0.25, 0.3) is 38.6 Å². The van der Waals surface area contributed by atoms with Crippen LogP contribution in [-0.2, 0) is 49.0 Å². The first-order valence-electron chi connectivity index (χ1n) is 22.5. The molecule has 1 aliphatic rings. The van der Waals surface area contributed by atoms with Gasteiger partial charge in [0.15, 0.2) is 17.5 Å². The number of aromatic amines is 1. The Labute approximate surface area is 402 Å². The fraction of sp³-hybridized carbons (Fsp3) is 0.216. The number of hydrogen-bond acceptors (Lipinski definition) is 10. The summed E-state index contributed by atoms with van der Waals surface area (Å²) in [6.45, 7) is 5.84. The van der Waals surface area contributed by atoms with Gasteiger partial charge in [0, 0.05) is 42.3 Å². The molecule has 1 N–H and O–H groups in total. The van der Waals surface area contributed by atoms with Crippen molar-refractivity contribution in [3.63, 3.8) is 0 Å². The Bertz CT molecular complexity index is 3630. The minimum absolute atomic E-state index is 0.118. The van der Waals surface area contributed by atoms with Gasteiger partial charge in [0.05, 0.1) is 40.6 Å². The van der Waals surface area contributed by atoms with E-state index >= 15 is 0 Å². The number of fused-ring (bicyclic) bond motifs is 2. The molecule has 1 fully saturated rings. The van der Waals surface area contributed by atoms with E-state index in [1.54, 1.807) is 34.9 Å². The van der Waals surface area contributed by atoms with Crippen LogP contribution in [0, 0.1) is 15.9 Å². The summed E-state index contributed by atoms with van der Waals surface area (Å²) in [7, 11) is 0. The number of halogens is 2. The molecule has 0 spiro atoms. The molecule has 0 bridgehead atoms. The summed E-state index contributed by atoms with van der Waals surface area (Å²) >= 11 is 6.10. The number of nitrogens with one attached hydrogen (secondary N) is 1. The van der Waals surface area contributed by atoms with Crippen molar-refractivity contribution >= 4 is 38.8 Å². The highest BCUT2D eigenvalue weighted by atomic mass is 35.5. The van der Waals surface area contributed by atoms with E-state index in [-0.39, 0.29) is 46.2 Å². The number of non-ortho nitro benzene ring substituents is 1. The first-order valence-corrected chi connectivity index (χ1v) is 22.9. The maximum Gasteiger partial charge on any atom is 0.350 e. The molecule has 17 nitrogen and oxygen atoms in total. The molecule has 4 aromatic heterocycles. The molecule has 19 heteroatoms. The Hall–Kier alpha value is -8.06. The summed E-state index contributed by atoms with van der Waals surface area (Å²) in [6.07, 6.45) is 5.38. The van der Waals surface area contributed by atoms with Gasteiger partial charge in [-0.15, -0.1) is 10.2 Å². The third-order valence-electron chi connectivity index (χ3n) is 12.0. The first-order chi connectivity index (χ1) is 33.9. The van der Waals surface area contributed by atoms with Gasteiger partial charge >= 0.3 is 11.4 Å². The second-order valence-electron chi connectivity index (χ2n) is 16.5. The summed E-state index contributed by atoms with van der Waals surface area (Å²) in [4.78, 5) is 64.6. The number of H-pyrrole nitrogens is 1. The second-order valence-corrected chi connectivity index (χ2v) is 16.9. The zero-order valence-corrected chi connectivity index (χ0v) is 38.7. The monoisotopic (exact) mass is 965 g/mol. The molecule has 0 amide bonds. The number of ether oxygens (including phenoxy) is 2. The van der Waals surface area contributed by atoms with Gasteiger partial charge in [0.1, 0.15) is 18.9 Å². The van der Waals surface area contributed by atoms with Crippen LogP contribution in [0.3, 0.4) is 0 Å². The molecule has 0 unspecified atom stereocenters. The Morgan fingerprint density at radius 3 is 1.80 bits per heavy atom. The molecule has 0 radical (unpaired) electrons. The van der Waals surface area contributed by atoms with E-state index in [4.69, 9.17) is 21.1 Å². The average Bonchev–Trinajstić information content (AvgIpc) is 4.09. The Kier molecular flexibility index (Phi) is 13.6. The molecular formula is C51H45ClFN9O8. The average molecular weight is 966 g/mol. The largest absolute Gasteiger partial charge is 0.369 e. The summed E-state index contributed by atoms with van der Waals surface area (Å²) in [5.74, 6) is 0.501. The lowest BCUT2D eigenvalue weighted by molar-refractivity contribution is -0.385. The van der Waals surface area contributed by atoms with Crippen LogP contribution in [0.15, 0.2) is 147 Å². The van der Waals surface area contributed by atoms with Crippen molar-refractivity contribution in [3.05, 3.63) is 219 Å². The zero-order chi connectivity index (χ0) is 49.1. The molecule has 70 heavy (non-hydrogen) atoms. The van der Waals surface area contributed by atoms with Crippen molar-refractivity contribution in [1.29, 1.82) is 0 Å². The normalized spacial score (nSPS) is 12.3. The number of pyridine rings is 2. The first kappa shape index (κ1) is 47.0. The smallest absolute Gasteiger partial charge is 0.350 e. The summed E-state index contributed by atoms with van der Waals surface area (Å²) in [5, 5.41) is 22.0. The van der Waals surface area contributed by atoms with E-state index in [1.807, 2.05) is 86.8 Å². The van der Waals surface area contributed by atoms with Crippen molar-refractivity contribution in [2.75, 3.05) is 0 Å². The van der Waals surface area contributed by atoms with Crippen LogP contribution >= 0.6 is 11.6 Å². The highest BCUT2D eigenvalue weighted by molar-refractivity contribution is 6.32. The number of aromatic nitrogens is 8. The minimum atomic E-state index is -1.01. The number of nitro groups is 1. The number of nitrogens with zero attached hydrogens (tertiary/aromatic N) is 8. The summed E-state index contributed by atoms with van der Waals surface area (Å²) in [6, 6.07) is 32.9. The maximum absolute atomic E-state index is 14.7. The lowest BCUT2D eigenvalue weighted by atomic mass is 10.0. The van der Waals surface area contributed by atoms with Crippen molar-refractivity contribution in [3.8, 4) is 17.1 Å². The lowest BCUT2D eigenvalue weighted by Crippen LogP contribution is -2.24. The van der Waals surface area contributed by atoms with Gasteiger partial charge in [-0.3, -0.25) is 33.4 Å². The SMILES string of the molecule is CCn1c(COCc2ccccc2)nn(-c2ccc3c(=O)[nH]cc(C4CC4)c3c2)c1=O.CCn1c(COCc2ccccc2)nn(-c2ccc3c(=O)n(-c4c(F)cc([N+](=O)[O-])cc4Cl)ccc3c2)c1=O. The highest BCUT2D eigenvalue weighted by Gasteiger charge is 2.27. The molecule has 0 atom stereocenters. The van der Waals surface area contributed by atoms with Gasteiger partial charge in [-0.1, -0.05) is 72.3 Å². The zero-order valence-electron chi connectivity index (χ0n) is 38.0. The molecule has 1 saturated carbocycles. The molecular weight excluding hydrogens is 921 g/mol. The lowest BCUT2D eigenvalue weighted by Gasteiger charge is -2.11. The molecule has 10 rings (SSSR count). The predicted octanol–water partition coefficient (Wildman–Crippen LogP) is 8.27. The highest BCUT2D eigenvalue weighted by Crippen LogP contribution is 2.42. The van der Waals surface area contributed by atoms with E-state index in [2.05, 4.69) is 15.2 Å². The molecule has 9 aromatic rings. The molecule has 356 valence electrons. The predicted molar refractivity (Wildman–Crippen MR) is 262 cm³/mol. The molecule has 4 heterocycles. The molecule has 5 aromatic carbocycles. The molecule has 1 aliphatic carbocycles. The Morgan fingerprint density at radius 1 is 0.714 bits per heavy atom. The van der Waals surface area contributed by atoms with E-state index in [9.17, 15) is 33.7 Å². The van der Waals surface area contributed by atoms with Crippen molar-refractivity contribution in [1.82, 2.24) is 38.2 Å². The number of nitro benzene ring substituents is 1. The van der Waals surface area contributed by atoms with Gasteiger partial charge in [0.2, 0.25) is 0 Å². The quantitative estimate of drug-likeness (QED) is 0.0772. The number of rotatable bonds is 15. The molecule has 0 aliphatic heterocycles. The van der Waals surface area contributed by atoms with Crippen molar-refractivity contribution in [2.24, 2.45) is 0 Å². The van der Waals surface area contributed by atoms with Crippen molar-refractivity contribution in [2.45, 2.75) is 72.1 Å². The van der Waals surface area contributed by atoms with Crippen LogP contribution in [0.1, 0.15) is 60.9 Å². The van der Waals surface area contributed by atoms with E-state index in [0.717, 1.165) is 45.6 Å². The third-order valence-corrected chi connectivity index (χ3v) is 12.2. The Morgan fingerprint density at radius 2 is 1.27 bits per heavy atom. The number of hydrogen-bond donors (Lipinski definition) is 1. The van der Waals surface area contributed by atoms with Crippen LogP contribution in [-0.4, -0.2) is 43.2 Å². The maximum atomic E-state index is 14.7. The van der Waals surface area contributed by atoms with Crippen molar-refractivity contribution < 1.29 is 18.8 Å². The fourth-order valence-electron chi connectivity index (χ4n) is 8.29. The summed E-state index contributed by atoms with van der Waals surface area (Å²) in [5.41, 5.74) is 2.19. The second kappa shape index (κ2) is 20.3. The van der Waals surface area contributed by atoms with E-state index < -0.39 is 22.0 Å². The van der Waals surface area contributed by atoms with Crippen LogP contribution < -0.4 is 22.5 Å². The molecule has 0 saturated heterocycles. The Balaban J connectivity index is 0.000000178. The number of benzene rings is 5. The minimum Gasteiger partial charge on any atom is -0.369 e. The fourth-order valence-corrected chi connectivity index (χ4v) is 8.58. The summed E-state index contributed by atoms with van der Waals surface area (Å²) < 4.78 is 33.1. The van der Waals surface area contributed by atoms with E-state index in [0.29, 0.717) is 72.1 Å².